The minimum Gasteiger partial charge on any atom is -0.299 e. The molecule has 1 nitrogen and oxygen atoms in total. The van der Waals surface area contributed by atoms with Crippen molar-refractivity contribution in [1.29, 1.82) is 0 Å². The number of Topliss-reactive ketones (excluding diaryl/α,β-unsaturated/α-hetero) is 1. The lowest BCUT2D eigenvalue weighted by molar-refractivity contribution is -0.118. The van der Waals surface area contributed by atoms with Crippen molar-refractivity contribution in [2.45, 2.75) is 129 Å². The van der Waals surface area contributed by atoms with Crippen LogP contribution in [0.25, 0.3) is 10.8 Å². The van der Waals surface area contributed by atoms with Crippen LogP contribution in [-0.2, 0) is 11.2 Å². The first-order valence-electron chi connectivity index (χ1n) is 13.8. The third kappa shape index (κ3) is 11.8. The molecule has 0 radical (unpaired) electrons. The Kier molecular flexibility index (Phi) is 14.9. The van der Waals surface area contributed by atoms with Crippen molar-refractivity contribution >= 4 is 16.6 Å². The van der Waals surface area contributed by atoms with Crippen LogP contribution in [0.3, 0.4) is 0 Å². The van der Waals surface area contributed by atoms with Gasteiger partial charge in [-0.25, -0.2) is 0 Å². The van der Waals surface area contributed by atoms with Crippen molar-refractivity contribution < 1.29 is 4.79 Å². The Morgan fingerprint density at radius 3 is 1.59 bits per heavy atom. The number of unbranched alkanes of at least 4 members (excludes halogenated alkanes) is 16. The summed E-state index contributed by atoms with van der Waals surface area (Å²) < 4.78 is 0. The van der Waals surface area contributed by atoms with Gasteiger partial charge in [-0.2, -0.15) is 0 Å². The van der Waals surface area contributed by atoms with Crippen molar-refractivity contribution in [1.82, 2.24) is 0 Å². The molecule has 1 heteroatoms. The second-order valence-corrected chi connectivity index (χ2v) is 9.76. The zero-order chi connectivity index (χ0) is 22.7. The predicted octanol–water partition coefficient (Wildman–Crippen LogP) is 9.99. The Balaban J connectivity index is 1.37. The van der Waals surface area contributed by atoms with E-state index in [9.17, 15) is 4.79 Å². The van der Waals surface area contributed by atoms with E-state index in [-0.39, 0.29) is 0 Å². The number of ketones is 1. The minimum absolute atomic E-state index is 0.391. The molecule has 0 aliphatic carbocycles. The van der Waals surface area contributed by atoms with Crippen LogP contribution in [0.4, 0.5) is 0 Å². The Hall–Kier alpha value is -1.63. The van der Waals surface area contributed by atoms with Crippen molar-refractivity contribution in [2.24, 2.45) is 0 Å². The summed E-state index contributed by atoms with van der Waals surface area (Å²) in [5.74, 6) is 0.391. The molecule has 0 unspecified atom stereocenters. The molecule has 2 rings (SSSR count). The van der Waals surface area contributed by atoms with Gasteiger partial charge in [0.25, 0.3) is 0 Å². The molecule has 2 aromatic carbocycles. The lowest BCUT2D eigenvalue weighted by Gasteiger charge is -2.06. The van der Waals surface area contributed by atoms with Gasteiger partial charge >= 0.3 is 0 Å². The van der Waals surface area contributed by atoms with Gasteiger partial charge in [0.1, 0.15) is 5.78 Å². The van der Waals surface area contributed by atoms with Crippen LogP contribution in [0, 0.1) is 0 Å². The number of hydrogen-bond acceptors (Lipinski definition) is 1. The van der Waals surface area contributed by atoms with Crippen molar-refractivity contribution in [3.05, 3.63) is 48.0 Å². The lowest BCUT2D eigenvalue weighted by Crippen LogP contribution is -2.03. The Morgan fingerprint density at radius 1 is 0.562 bits per heavy atom. The Morgan fingerprint density at radius 2 is 1.03 bits per heavy atom. The zero-order valence-corrected chi connectivity index (χ0v) is 20.9. The Bertz CT molecular complexity index is 727. The highest BCUT2D eigenvalue weighted by Gasteiger charge is 2.07. The van der Waals surface area contributed by atoms with E-state index in [1.54, 1.807) is 0 Å². The quantitative estimate of drug-likeness (QED) is 0.189. The smallest absolute Gasteiger partial charge is 0.137 e. The highest BCUT2D eigenvalue weighted by molar-refractivity contribution is 5.90. The summed E-state index contributed by atoms with van der Waals surface area (Å²) >= 11 is 0. The van der Waals surface area contributed by atoms with E-state index in [0.717, 1.165) is 12.8 Å². The summed E-state index contributed by atoms with van der Waals surface area (Å²) in [6, 6.07) is 14.7. The molecule has 0 saturated heterocycles. The summed E-state index contributed by atoms with van der Waals surface area (Å²) in [5, 5.41) is 2.46. The fraction of sp³-hybridized carbons (Fsp3) is 0.645. The molecular formula is C31H48O. The van der Waals surface area contributed by atoms with E-state index in [0.29, 0.717) is 12.2 Å². The maximum absolute atomic E-state index is 12.4. The van der Waals surface area contributed by atoms with E-state index in [1.807, 2.05) is 0 Å². The van der Waals surface area contributed by atoms with Crippen LogP contribution in [0.5, 0.6) is 0 Å². The van der Waals surface area contributed by atoms with Gasteiger partial charge in [0.2, 0.25) is 0 Å². The van der Waals surface area contributed by atoms with Gasteiger partial charge in [-0.3, -0.25) is 4.79 Å². The molecule has 0 amide bonds. The Labute approximate surface area is 198 Å². The van der Waals surface area contributed by atoms with Crippen LogP contribution in [-0.4, -0.2) is 5.78 Å². The highest BCUT2D eigenvalue weighted by atomic mass is 16.1. The van der Waals surface area contributed by atoms with E-state index in [2.05, 4.69) is 49.4 Å². The van der Waals surface area contributed by atoms with Crippen LogP contribution < -0.4 is 0 Å². The average Bonchev–Trinajstić information content (AvgIpc) is 2.81. The average molecular weight is 437 g/mol. The molecular weight excluding hydrogens is 388 g/mol. The van der Waals surface area contributed by atoms with E-state index < -0.39 is 0 Å². The third-order valence-electron chi connectivity index (χ3n) is 6.83. The number of carbonyl (C=O) groups is 1. The van der Waals surface area contributed by atoms with E-state index in [4.69, 9.17) is 0 Å². The maximum atomic E-state index is 12.4. The van der Waals surface area contributed by atoms with Gasteiger partial charge in [0.15, 0.2) is 0 Å². The van der Waals surface area contributed by atoms with Crippen LogP contribution in [0.2, 0.25) is 0 Å². The number of carbonyl (C=O) groups excluding carboxylic acids is 1. The summed E-state index contributed by atoms with van der Waals surface area (Å²) in [4.78, 5) is 12.4. The molecule has 2 aromatic rings. The summed E-state index contributed by atoms with van der Waals surface area (Å²) in [5.41, 5.74) is 1.18. The fourth-order valence-corrected chi connectivity index (χ4v) is 4.79. The van der Waals surface area contributed by atoms with E-state index in [1.165, 1.54) is 119 Å². The summed E-state index contributed by atoms with van der Waals surface area (Å²) in [6.45, 7) is 2.29. The maximum Gasteiger partial charge on any atom is 0.137 e. The topological polar surface area (TPSA) is 17.1 Å². The molecule has 0 aliphatic rings. The summed E-state index contributed by atoms with van der Waals surface area (Å²) in [7, 11) is 0. The first-order chi connectivity index (χ1) is 15.8. The number of rotatable bonds is 20. The van der Waals surface area contributed by atoms with Crippen LogP contribution >= 0.6 is 0 Å². The fourth-order valence-electron chi connectivity index (χ4n) is 4.79. The number of fused-ring (bicyclic) bond motifs is 1. The van der Waals surface area contributed by atoms with Gasteiger partial charge in [0, 0.05) is 12.8 Å². The standard InChI is InChI=1S/C31H48O/c1-2-3-4-5-6-7-8-9-10-11-12-13-14-15-16-17-18-25-30(32)27-29-24-21-23-28-22-19-20-26-31(28)29/h19-24,26H,2-18,25,27H2,1H3. The van der Waals surface area contributed by atoms with Crippen molar-refractivity contribution in [3.8, 4) is 0 Å². The molecule has 0 fully saturated rings. The number of hydrogen-bond donors (Lipinski definition) is 0. The SMILES string of the molecule is CCCCCCCCCCCCCCCCCCCC(=O)Cc1cccc2ccccc12. The predicted molar refractivity (Wildman–Crippen MR) is 141 cm³/mol. The second kappa shape index (κ2) is 17.9. The molecule has 0 atom stereocenters. The van der Waals surface area contributed by atoms with Gasteiger partial charge in [-0.15, -0.1) is 0 Å². The largest absolute Gasteiger partial charge is 0.299 e. The highest BCUT2D eigenvalue weighted by Crippen LogP contribution is 2.20. The monoisotopic (exact) mass is 436 g/mol. The van der Waals surface area contributed by atoms with Crippen molar-refractivity contribution in [2.75, 3.05) is 0 Å². The molecule has 32 heavy (non-hydrogen) atoms. The summed E-state index contributed by atoms with van der Waals surface area (Å²) in [6.07, 6.45) is 24.7. The van der Waals surface area contributed by atoms with Crippen LogP contribution in [0.15, 0.2) is 42.5 Å². The van der Waals surface area contributed by atoms with Gasteiger partial charge in [-0.1, -0.05) is 152 Å². The molecule has 178 valence electrons. The zero-order valence-electron chi connectivity index (χ0n) is 20.9. The van der Waals surface area contributed by atoms with Gasteiger partial charge in [-0.05, 0) is 22.8 Å². The molecule has 0 aromatic heterocycles. The van der Waals surface area contributed by atoms with Gasteiger partial charge < -0.3 is 0 Å². The first-order valence-corrected chi connectivity index (χ1v) is 13.8. The molecule has 0 spiro atoms. The normalized spacial score (nSPS) is 11.3. The lowest BCUT2D eigenvalue weighted by atomic mass is 9.98. The second-order valence-electron chi connectivity index (χ2n) is 9.76. The van der Waals surface area contributed by atoms with Crippen molar-refractivity contribution in [3.63, 3.8) is 0 Å². The number of benzene rings is 2. The van der Waals surface area contributed by atoms with Crippen LogP contribution in [0.1, 0.15) is 128 Å². The molecule has 0 saturated carbocycles. The minimum atomic E-state index is 0.391. The van der Waals surface area contributed by atoms with Gasteiger partial charge in [0.05, 0.1) is 0 Å². The third-order valence-corrected chi connectivity index (χ3v) is 6.83. The van der Waals surface area contributed by atoms with E-state index >= 15 is 0 Å². The molecule has 0 N–H and O–H groups in total. The molecule has 0 bridgehead atoms. The molecule has 0 aliphatic heterocycles. The first kappa shape index (κ1) is 26.6. The molecule has 0 heterocycles.